The van der Waals surface area contributed by atoms with Crippen molar-refractivity contribution >= 4 is 16.7 Å². The van der Waals surface area contributed by atoms with Crippen molar-refractivity contribution in [1.82, 2.24) is 14.3 Å². The molecule has 3 fully saturated rings. The summed E-state index contributed by atoms with van der Waals surface area (Å²) in [6.45, 7) is 8.91. The molecule has 1 aromatic heterocycles. The molecule has 1 spiro atoms. The van der Waals surface area contributed by atoms with E-state index in [9.17, 15) is 5.11 Å². The second-order valence-electron chi connectivity index (χ2n) is 10.7. The highest BCUT2D eigenvalue weighted by molar-refractivity contribution is 7.09. The summed E-state index contributed by atoms with van der Waals surface area (Å²) in [5.41, 5.74) is 1.17. The number of ether oxygens (including phenoxy) is 1. The standard InChI is InChI=1S/C25H36N4O2S/c1-24(2,30)11-14-31-22-6-4-3-5-21(22)19-8-12-28(13-9-19)20-7-10-25(15-20)16-29(17-25)23-26-18-27-32-23/h3-6,18-20,30H,7-17H2,1-2H3. The van der Waals surface area contributed by atoms with E-state index in [1.165, 1.54) is 62.3 Å². The average Bonchev–Trinajstić information content (AvgIpc) is 3.43. The van der Waals surface area contributed by atoms with Crippen LogP contribution < -0.4 is 9.64 Å². The van der Waals surface area contributed by atoms with E-state index in [0.717, 1.165) is 30.0 Å². The molecular weight excluding hydrogens is 420 g/mol. The Hall–Kier alpha value is -1.70. The molecule has 1 aromatic carbocycles. The van der Waals surface area contributed by atoms with Crippen LogP contribution in [0.2, 0.25) is 0 Å². The van der Waals surface area contributed by atoms with Gasteiger partial charge in [-0.15, -0.1) is 0 Å². The monoisotopic (exact) mass is 456 g/mol. The number of nitrogens with zero attached hydrogens (tertiary/aromatic N) is 4. The minimum atomic E-state index is -0.687. The smallest absolute Gasteiger partial charge is 0.204 e. The zero-order valence-corrected chi connectivity index (χ0v) is 20.2. The van der Waals surface area contributed by atoms with E-state index < -0.39 is 5.60 Å². The lowest BCUT2D eigenvalue weighted by molar-refractivity contribution is 0.0550. The molecule has 7 heteroatoms. The Kier molecular flexibility index (Phi) is 6.16. The quantitative estimate of drug-likeness (QED) is 0.670. The molecule has 2 aliphatic heterocycles. The molecule has 0 bridgehead atoms. The molecule has 1 unspecified atom stereocenters. The second-order valence-corrected chi connectivity index (χ2v) is 11.5. The number of likely N-dealkylation sites (tertiary alicyclic amines) is 1. The Morgan fingerprint density at radius 3 is 2.69 bits per heavy atom. The first kappa shape index (κ1) is 22.1. The van der Waals surface area contributed by atoms with Crippen molar-refractivity contribution in [3.05, 3.63) is 36.2 Å². The maximum absolute atomic E-state index is 9.97. The van der Waals surface area contributed by atoms with Gasteiger partial charge in [0.2, 0.25) is 5.13 Å². The van der Waals surface area contributed by atoms with Crippen molar-refractivity contribution in [1.29, 1.82) is 0 Å². The van der Waals surface area contributed by atoms with E-state index in [1.807, 2.05) is 13.8 Å². The third kappa shape index (κ3) is 4.80. The maximum atomic E-state index is 9.97. The maximum Gasteiger partial charge on any atom is 0.204 e. The molecule has 1 atom stereocenters. The van der Waals surface area contributed by atoms with Crippen molar-refractivity contribution in [3.8, 4) is 5.75 Å². The van der Waals surface area contributed by atoms with Gasteiger partial charge in [-0.05, 0) is 76.6 Å². The highest BCUT2D eigenvalue weighted by Crippen LogP contribution is 2.49. The van der Waals surface area contributed by atoms with Gasteiger partial charge >= 0.3 is 0 Å². The molecule has 3 heterocycles. The number of para-hydroxylation sites is 1. The Labute approximate surface area is 195 Å². The predicted octanol–water partition coefficient (Wildman–Crippen LogP) is 4.32. The zero-order valence-electron chi connectivity index (χ0n) is 19.4. The fraction of sp³-hybridized carbons (Fsp3) is 0.680. The van der Waals surface area contributed by atoms with Crippen LogP contribution in [0.3, 0.4) is 0 Å². The predicted molar refractivity (Wildman–Crippen MR) is 129 cm³/mol. The average molecular weight is 457 g/mol. The third-order valence-electron chi connectivity index (χ3n) is 7.73. The summed E-state index contributed by atoms with van der Waals surface area (Å²) in [6, 6.07) is 9.25. The minimum absolute atomic E-state index is 0.508. The number of rotatable bonds is 7. The number of piperidine rings is 1. The van der Waals surface area contributed by atoms with E-state index in [1.54, 1.807) is 6.33 Å². The topological polar surface area (TPSA) is 61.7 Å². The SMILES string of the molecule is CC(C)(O)CCOc1ccccc1C1CCN(C2CCC3(C2)CN(c2ncns2)C3)CC1. The zero-order chi connectivity index (χ0) is 22.2. The van der Waals surface area contributed by atoms with E-state index in [2.05, 4.69) is 43.4 Å². The molecule has 5 rings (SSSR count). The summed E-state index contributed by atoms with van der Waals surface area (Å²) in [6.07, 6.45) is 8.74. The molecule has 32 heavy (non-hydrogen) atoms. The van der Waals surface area contributed by atoms with Gasteiger partial charge in [0.15, 0.2) is 0 Å². The molecule has 0 radical (unpaired) electrons. The van der Waals surface area contributed by atoms with Crippen LogP contribution in [-0.2, 0) is 0 Å². The normalized spacial score (nSPS) is 24.1. The van der Waals surface area contributed by atoms with E-state index in [-0.39, 0.29) is 0 Å². The lowest BCUT2D eigenvalue weighted by Crippen LogP contribution is -2.56. The number of aromatic nitrogens is 2. The van der Waals surface area contributed by atoms with Gasteiger partial charge in [-0.3, -0.25) is 0 Å². The molecule has 2 saturated heterocycles. The molecule has 3 aliphatic rings. The van der Waals surface area contributed by atoms with Gasteiger partial charge < -0.3 is 19.6 Å². The van der Waals surface area contributed by atoms with Gasteiger partial charge in [0, 0.05) is 42.5 Å². The molecule has 1 N–H and O–H groups in total. The summed E-state index contributed by atoms with van der Waals surface area (Å²) in [4.78, 5) is 9.54. The summed E-state index contributed by atoms with van der Waals surface area (Å²) < 4.78 is 10.3. The van der Waals surface area contributed by atoms with Gasteiger partial charge in [-0.2, -0.15) is 4.37 Å². The number of benzene rings is 1. The van der Waals surface area contributed by atoms with Crippen LogP contribution in [0.15, 0.2) is 30.6 Å². The summed E-state index contributed by atoms with van der Waals surface area (Å²) in [5.74, 6) is 1.57. The van der Waals surface area contributed by atoms with Gasteiger partial charge in [-0.25, -0.2) is 4.98 Å². The van der Waals surface area contributed by atoms with Crippen molar-refractivity contribution in [2.45, 2.75) is 69.9 Å². The van der Waals surface area contributed by atoms with E-state index in [0.29, 0.717) is 24.4 Å². The fourth-order valence-corrected chi connectivity index (χ4v) is 6.44. The largest absolute Gasteiger partial charge is 0.493 e. The number of anilines is 1. The van der Waals surface area contributed by atoms with Crippen molar-refractivity contribution < 1.29 is 9.84 Å². The highest BCUT2D eigenvalue weighted by atomic mass is 32.1. The third-order valence-corrected chi connectivity index (χ3v) is 8.45. The van der Waals surface area contributed by atoms with Crippen LogP contribution in [0.1, 0.15) is 63.9 Å². The Bertz CT molecular complexity index is 884. The van der Waals surface area contributed by atoms with Gasteiger partial charge in [0.1, 0.15) is 12.1 Å². The number of aliphatic hydroxyl groups is 1. The first-order chi connectivity index (χ1) is 15.4. The Morgan fingerprint density at radius 2 is 1.97 bits per heavy atom. The molecule has 2 aromatic rings. The summed E-state index contributed by atoms with van der Waals surface area (Å²) >= 11 is 1.51. The van der Waals surface area contributed by atoms with Crippen LogP contribution in [-0.4, -0.2) is 63.8 Å². The van der Waals surface area contributed by atoms with Crippen molar-refractivity contribution in [2.75, 3.05) is 37.7 Å². The van der Waals surface area contributed by atoms with E-state index >= 15 is 0 Å². The van der Waals surface area contributed by atoms with Crippen LogP contribution in [0.4, 0.5) is 5.13 Å². The van der Waals surface area contributed by atoms with Crippen molar-refractivity contribution in [3.63, 3.8) is 0 Å². The molecule has 6 nitrogen and oxygen atoms in total. The first-order valence-corrected chi connectivity index (χ1v) is 12.9. The minimum Gasteiger partial charge on any atom is -0.493 e. The van der Waals surface area contributed by atoms with Crippen LogP contribution in [0, 0.1) is 5.41 Å². The molecule has 0 amide bonds. The van der Waals surface area contributed by atoms with Crippen LogP contribution in [0.5, 0.6) is 5.75 Å². The highest BCUT2D eigenvalue weighted by Gasteiger charge is 2.50. The number of hydrogen-bond donors (Lipinski definition) is 1. The van der Waals surface area contributed by atoms with Gasteiger partial charge in [-0.1, -0.05) is 18.2 Å². The fourth-order valence-electron chi connectivity index (χ4n) is 5.92. The lowest BCUT2D eigenvalue weighted by atomic mass is 9.78. The first-order valence-electron chi connectivity index (χ1n) is 12.1. The number of hydrogen-bond acceptors (Lipinski definition) is 7. The van der Waals surface area contributed by atoms with Crippen LogP contribution >= 0.6 is 11.5 Å². The molecule has 1 aliphatic carbocycles. The lowest BCUT2D eigenvalue weighted by Gasteiger charge is -2.48. The van der Waals surface area contributed by atoms with Crippen LogP contribution in [0.25, 0.3) is 0 Å². The molecule has 1 saturated carbocycles. The summed E-state index contributed by atoms with van der Waals surface area (Å²) in [7, 11) is 0. The Balaban J connectivity index is 1.12. The Morgan fingerprint density at radius 1 is 1.19 bits per heavy atom. The summed E-state index contributed by atoms with van der Waals surface area (Å²) in [5, 5.41) is 11.1. The molecule has 174 valence electrons. The van der Waals surface area contributed by atoms with Gasteiger partial charge in [0.05, 0.1) is 12.2 Å². The second kappa shape index (κ2) is 8.92. The van der Waals surface area contributed by atoms with Crippen molar-refractivity contribution in [2.24, 2.45) is 5.41 Å². The van der Waals surface area contributed by atoms with Gasteiger partial charge in [0.25, 0.3) is 0 Å². The van der Waals surface area contributed by atoms with E-state index in [4.69, 9.17) is 4.74 Å². The molecular formula is C25H36N4O2S.